The molecule has 0 amide bonds. The van der Waals surface area contributed by atoms with Crippen LogP contribution in [0.25, 0.3) is 0 Å². The van der Waals surface area contributed by atoms with Gasteiger partial charge in [-0.05, 0) is 51.4 Å². The Bertz CT molecular complexity index is 1190. The maximum absolute atomic E-state index is 12.7. The first-order valence-corrected chi connectivity index (χ1v) is 26.9. The van der Waals surface area contributed by atoms with Gasteiger partial charge in [0.1, 0.15) is 19.8 Å². The van der Waals surface area contributed by atoms with Crippen molar-refractivity contribution in [3.8, 4) is 0 Å². The van der Waals surface area contributed by atoms with Gasteiger partial charge >= 0.3 is 19.8 Å². The van der Waals surface area contributed by atoms with Crippen LogP contribution in [0.4, 0.5) is 0 Å². The van der Waals surface area contributed by atoms with Crippen LogP contribution >= 0.6 is 7.82 Å². The second-order valence-electron chi connectivity index (χ2n) is 18.2. The first kappa shape index (κ1) is 60.0. The molecule has 9 nitrogen and oxygen atoms in total. The van der Waals surface area contributed by atoms with Gasteiger partial charge in [0.15, 0.2) is 6.10 Å². The third-order valence-electron chi connectivity index (χ3n) is 10.9. The number of carbonyl (C=O) groups is 2. The molecule has 62 heavy (non-hydrogen) atoms. The number of carbonyl (C=O) groups excluding carboxylic acids is 2. The number of allylic oxidation sites excluding steroid dienone is 8. The normalized spacial score (nSPS) is 13.8. The van der Waals surface area contributed by atoms with Gasteiger partial charge in [0, 0.05) is 12.8 Å². The molecule has 0 aliphatic carbocycles. The highest BCUT2D eigenvalue weighted by Crippen LogP contribution is 2.43. The molecule has 10 heteroatoms. The van der Waals surface area contributed by atoms with E-state index in [1.165, 1.54) is 128 Å². The zero-order valence-corrected chi connectivity index (χ0v) is 41.7. The van der Waals surface area contributed by atoms with E-state index in [-0.39, 0.29) is 32.0 Å². The molecule has 1 N–H and O–H groups in total. The van der Waals surface area contributed by atoms with Crippen molar-refractivity contribution in [3.05, 3.63) is 48.6 Å². The minimum absolute atomic E-state index is 0.0330. The van der Waals surface area contributed by atoms with Gasteiger partial charge in [0.25, 0.3) is 0 Å². The van der Waals surface area contributed by atoms with E-state index in [2.05, 4.69) is 62.5 Å². The first-order valence-electron chi connectivity index (χ1n) is 25.4. The van der Waals surface area contributed by atoms with Gasteiger partial charge in [-0.3, -0.25) is 18.6 Å². The number of likely N-dealkylation sites (N-methyl/N-ethyl adjacent to an activating group) is 1. The number of esters is 2. The molecule has 0 rings (SSSR count). The SMILES string of the molecule is CC/C=C\C/C=C\C/C=C\C/C=C\CCCCCCCCCCCCCCCCCCCCC(=O)OC(COC(=O)CCCCCCCCC)COP(=O)(O)OCC[N+](C)(C)C. The van der Waals surface area contributed by atoms with Gasteiger partial charge in [-0.2, -0.15) is 0 Å². The summed E-state index contributed by atoms with van der Waals surface area (Å²) in [5.41, 5.74) is 0. The molecular weight excluding hydrogens is 798 g/mol. The summed E-state index contributed by atoms with van der Waals surface area (Å²) in [6.07, 6.45) is 53.5. The summed E-state index contributed by atoms with van der Waals surface area (Å²) in [5, 5.41) is 0. The van der Waals surface area contributed by atoms with Crippen LogP contribution in [0.1, 0.15) is 219 Å². The van der Waals surface area contributed by atoms with Crippen molar-refractivity contribution in [3.63, 3.8) is 0 Å². The lowest BCUT2D eigenvalue weighted by Gasteiger charge is -2.24. The molecule has 0 heterocycles. The first-order chi connectivity index (χ1) is 30.0. The molecule has 0 aliphatic rings. The topological polar surface area (TPSA) is 108 Å². The molecule has 0 saturated carbocycles. The van der Waals surface area contributed by atoms with E-state index in [4.69, 9.17) is 18.5 Å². The van der Waals surface area contributed by atoms with Crippen LogP contribution in [0.5, 0.6) is 0 Å². The quantitative estimate of drug-likeness (QED) is 0.0212. The molecule has 2 atom stereocenters. The Kier molecular flexibility index (Phi) is 42.7. The molecule has 0 spiro atoms. The molecule has 0 aromatic heterocycles. The van der Waals surface area contributed by atoms with Crippen molar-refractivity contribution in [2.24, 2.45) is 0 Å². The van der Waals surface area contributed by atoms with E-state index in [1.807, 2.05) is 21.1 Å². The Morgan fingerprint density at radius 2 is 0.919 bits per heavy atom. The third kappa shape index (κ3) is 47.4. The smallest absolute Gasteiger partial charge is 0.462 e. The van der Waals surface area contributed by atoms with Crippen molar-refractivity contribution in [1.82, 2.24) is 0 Å². The third-order valence-corrected chi connectivity index (χ3v) is 11.9. The van der Waals surface area contributed by atoms with Crippen LogP contribution in [0.15, 0.2) is 48.6 Å². The summed E-state index contributed by atoms with van der Waals surface area (Å²) < 4.78 is 34.3. The maximum Gasteiger partial charge on any atom is 0.472 e. The Labute approximate surface area is 382 Å². The summed E-state index contributed by atoms with van der Waals surface area (Å²) in [5.74, 6) is -0.799. The summed E-state index contributed by atoms with van der Waals surface area (Å²) in [4.78, 5) is 35.3. The average Bonchev–Trinajstić information content (AvgIpc) is 3.23. The fourth-order valence-electron chi connectivity index (χ4n) is 6.95. The minimum atomic E-state index is -4.37. The van der Waals surface area contributed by atoms with Gasteiger partial charge in [0.05, 0.1) is 27.7 Å². The lowest BCUT2D eigenvalue weighted by Crippen LogP contribution is -2.37. The van der Waals surface area contributed by atoms with Crippen LogP contribution in [0.2, 0.25) is 0 Å². The molecule has 2 unspecified atom stereocenters. The van der Waals surface area contributed by atoms with Crippen LogP contribution in [0.3, 0.4) is 0 Å². The van der Waals surface area contributed by atoms with Crippen molar-refractivity contribution in [1.29, 1.82) is 0 Å². The lowest BCUT2D eigenvalue weighted by atomic mass is 10.0. The standard InChI is InChI=1S/C52H96NO8P/c1-6-8-10-12-14-15-16-17-18-19-20-21-22-23-24-25-26-27-28-29-30-31-32-33-34-35-36-37-39-41-43-45-52(55)61-50(49-60-62(56,57)59-47-46-53(3,4)5)48-58-51(54)44-42-40-38-13-11-9-7-2/h8,10,14-15,17-18,20-21,50H,6-7,9,11-13,16,19,22-49H2,1-5H3/p+1/b10-8-,15-14-,18-17-,21-20-. The fourth-order valence-corrected chi connectivity index (χ4v) is 7.69. The van der Waals surface area contributed by atoms with Gasteiger partial charge < -0.3 is 18.9 Å². The van der Waals surface area contributed by atoms with E-state index in [0.717, 1.165) is 57.8 Å². The predicted octanol–water partition coefficient (Wildman–Crippen LogP) is 15.0. The molecule has 0 bridgehead atoms. The zero-order valence-electron chi connectivity index (χ0n) is 40.9. The van der Waals surface area contributed by atoms with Crippen LogP contribution in [-0.2, 0) is 32.7 Å². The van der Waals surface area contributed by atoms with Crippen molar-refractivity contribution in [2.45, 2.75) is 225 Å². The maximum atomic E-state index is 12.7. The number of nitrogens with zero attached hydrogens (tertiary/aromatic N) is 1. The number of phosphoric ester groups is 1. The van der Waals surface area contributed by atoms with Gasteiger partial charge in [-0.25, -0.2) is 4.57 Å². The minimum Gasteiger partial charge on any atom is -0.462 e. The number of rotatable bonds is 46. The van der Waals surface area contributed by atoms with Crippen molar-refractivity contribution < 1.29 is 42.1 Å². The number of ether oxygens (including phenoxy) is 2. The predicted molar refractivity (Wildman–Crippen MR) is 261 cm³/mol. The van der Waals surface area contributed by atoms with Crippen LogP contribution < -0.4 is 0 Å². The Hall–Kier alpha value is -2.03. The Balaban J connectivity index is 3.95. The van der Waals surface area contributed by atoms with Crippen molar-refractivity contribution in [2.75, 3.05) is 47.5 Å². The van der Waals surface area contributed by atoms with E-state index in [1.54, 1.807) is 0 Å². The number of phosphoric acid groups is 1. The highest BCUT2D eigenvalue weighted by atomic mass is 31.2. The van der Waals surface area contributed by atoms with E-state index < -0.39 is 26.5 Å². The summed E-state index contributed by atoms with van der Waals surface area (Å²) in [6, 6.07) is 0. The zero-order chi connectivity index (χ0) is 45.7. The molecule has 0 saturated heterocycles. The molecular formula is C52H97NO8P+. The van der Waals surface area contributed by atoms with E-state index in [9.17, 15) is 19.0 Å². The van der Waals surface area contributed by atoms with Gasteiger partial charge in [-0.1, -0.05) is 204 Å². The van der Waals surface area contributed by atoms with E-state index >= 15 is 0 Å². The summed E-state index contributed by atoms with van der Waals surface area (Å²) in [7, 11) is 1.48. The Morgan fingerprint density at radius 3 is 1.37 bits per heavy atom. The highest BCUT2D eigenvalue weighted by Gasteiger charge is 2.27. The molecule has 362 valence electrons. The lowest BCUT2D eigenvalue weighted by molar-refractivity contribution is -0.870. The molecule has 0 radical (unpaired) electrons. The largest absolute Gasteiger partial charge is 0.472 e. The van der Waals surface area contributed by atoms with Crippen LogP contribution in [-0.4, -0.2) is 74.9 Å². The number of hydrogen-bond donors (Lipinski definition) is 1. The summed E-state index contributed by atoms with van der Waals surface area (Å²) >= 11 is 0. The van der Waals surface area contributed by atoms with Gasteiger partial charge in [-0.15, -0.1) is 0 Å². The second-order valence-corrected chi connectivity index (χ2v) is 19.6. The fraction of sp³-hybridized carbons (Fsp3) is 0.808. The number of unbranched alkanes of at least 4 members (excludes halogenated alkanes) is 24. The number of quaternary nitrogens is 1. The highest BCUT2D eigenvalue weighted by molar-refractivity contribution is 7.47. The monoisotopic (exact) mass is 895 g/mol. The molecule has 0 aliphatic heterocycles. The molecule has 0 fully saturated rings. The second kappa shape index (κ2) is 44.2. The average molecular weight is 895 g/mol. The van der Waals surface area contributed by atoms with Crippen LogP contribution in [0, 0.1) is 0 Å². The number of hydrogen-bond acceptors (Lipinski definition) is 7. The molecule has 0 aromatic rings. The van der Waals surface area contributed by atoms with Gasteiger partial charge in [0.2, 0.25) is 0 Å². The summed E-state index contributed by atoms with van der Waals surface area (Å²) in [6.45, 7) is 4.28. The van der Waals surface area contributed by atoms with E-state index in [0.29, 0.717) is 17.4 Å². The van der Waals surface area contributed by atoms with Crippen molar-refractivity contribution >= 4 is 19.8 Å². The Morgan fingerprint density at radius 1 is 0.516 bits per heavy atom. The molecule has 0 aromatic carbocycles.